The molecule has 0 aliphatic heterocycles. The highest BCUT2D eigenvalue weighted by atomic mass is 16.5. The topological polar surface area (TPSA) is 80.3 Å². The summed E-state index contributed by atoms with van der Waals surface area (Å²) in [6.07, 6.45) is 1.53. The number of nitrogens with zero attached hydrogens (tertiary/aromatic N) is 1. The number of hydrogen-bond donors (Lipinski definition) is 2. The first-order valence-corrected chi connectivity index (χ1v) is 8.96. The molecule has 0 bridgehead atoms. The van der Waals surface area contributed by atoms with E-state index in [9.17, 15) is 9.59 Å². The Labute approximate surface area is 160 Å². The number of amides is 2. The molecule has 2 amide bonds. The fraction of sp³-hybridized carbons (Fsp3) is 0.381. The van der Waals surface area contributed by atoms with Crippen LogP contribution in [0.4, 0.5) is 0 Å². The molecular formula is C21H27N3O3. The van der Waals surface area contributed by atoms with E-state index in [1.54, 1.807) is 12.1 Å². The molecule has 1 aromatic heterocycles. The zero-order chi connectivity index (χ0) is 19.9. The van der Waals surface area contributed by atoms with Crippen molar-refractivity contribution in [1.29, 1.82) is 0 Å². The molecule has 0 saturated carbocycles. The van der Waals surface area contributed by atoms with Crippen molar-refractivity contribution in [2.45, 2.75) is 33.1 Å². The van der Waals surface area contributed by atoms with Crippen molar-refractivity contribution in [2.24, 2.45) is 0 Å². The third-order valence-corrected chi connectivity index (χ3v) is 4.00. The van der Waals surface area contributed by atoms with E-state index < -0.39 is 0 Å². The third-order valence-electron chi connectivity index (χ3n) is 4.00. The van der Waals surface area contributed by atoms with E-state index in [0.29, 0.717) is 24.4 Å². The second kappa shape index (κ2) is 9.16. The maximum Gasteiger partial charge on any atom is 0.258 e. The fourth-order valence-electron chi connectivity index (χ4n) is 2.33. The average Bonchev–Trinajstić information content (AvgIpc) is 2.63. The summed E-state index contributed by atoms with van der Waals surface area (Å²) in [7, 11) is 0. The molecule has 2 rings (SSSR count). The van der Waals surface area contributed by atoms with E-state index in [1.807, 2.05) is 31.2 Å². The monoisotopic (exact) mass is 369 g/mol. The van der Waals surface area contributed by atoms with Gasteiger partial charge >= 0.3 is 0 Å². The van der Waals surface area contributed by atoms with Crippen LogP contribution in [0.3, 0.4) is 0 Å². The highest BCUT2D eigenvalue weighted by Crippen LogP contribution is 2.24. The Hall–Kier alpha value is -2.89. The number of pyridine rings is 1. The summed E-state index contributed by atoms with van der Waals surface area (Å²) in [5.74, 6) is 0.200. The van der Waals surface area contributed by atoms with Crippen molar-refractivity contribution in [1.82, 2.24) is 15.6 Å². The maximum absolute atomic E-state index is 11.9. The molecule has 144 valence electrons. The Morgan fingerprint density at radius 3 is 2.26 bits per heavy atom. The number of carbonyl (C=O) groups excluding carboxylic acids is 2. The van der Waals surface area contributed by atoms with Gasteiger partial charge in [-0.05, 0) is 42.2 Å². The molecular weight excluding hydrogens is 342 g/mol. The molecule has 6 nitrogen and oxygen atoms in total. The lowest BCUT2D eigenvalue weighted by Gasteiger charge is -2.19. The highest BCUT2D eigenvalue weighted by molar-refractivity contribution is 5.93. The molecule has 0 unspecified atom stereocenters. The molecule has 0 aliphatic carbocycles. The second-order valence-electron chi connectivity index (χ2n) is 7.36. The van der Waals surface area contributed by atoms with Crippen LogP contribution < -0.4 is 15.4 Å². The SMILES string of the molecule is Cc1ccc(C(=O)NCCNC(=O)COc2ccc(C(C)(C)C)cc2)cn1. The van der Waals surface area contributed by atoms with Gasteiger partial charge in [-0.2, -0.15) is 0 Å². The summed E-state index contributed by atoms with van der Waals surface area (Å²) >= 11 is 0. The van der Waals surface area contributed by atoms with Crippen molar-refractivity contribution in [3.63, 3.8) is 0 Å². The van der Waals surface area contributed by atoms with E-state index >= 15 is 0 Å². The highest BCUT2D eigenvalue weighted by Gasteiger charge is 2.13. The maximum atomic E-state index is 11.9. The normalized spacial score (nSPS) is 11.0. The molecule has 0 radical (unpaired) electrons. The van der Waals surface area contributed by atoms with Gasteiger partial charge in [0.15, 0.2) is 6.61 Å². The fourth-order valence-corrected chi connectivity index (χ4v) is 2.33. The number of nitrogens with one attached hydrogen (secondary N) is 2. The van der Waals surface area contributed by atoms with Crippen LogP contribution in [0, 0.1) is 6.92 Å². The van der Waals surface area contributed by atoms with Crippen LogP contribution in [0.15, 0.2) is 42.6 Å². The summed E-state index contributed by atoms with van der Waals surface area (Å²) in [5, 5.41) is 5.44. The lowest BCUT2D eigenvalue weighted by Crippen LogP contribution is -2.36. The minimum atomic E-state index is -0.235. The van der Waals surface area contributed by atoms with Gasteiger partial charge in [0.1, 0.15) is 5.75 Å². The molecule has 1 aromatic carbocycles. The summed E-state index contributed by atoms with van der Waals surface area (Å²) in [6, 6.07) is 11.2. The Balaban J connectivity index is 1.66. The number of aryl methyl sites for hydroxylation is 1. The van der Waals surface area contributed by atoms with E-state index in [2.05, 4.69) is 36.4 Å². The van der Waals surface area contributed by atoms with Gasteiger partial charge in [-0.3, -0.25) is 14.6 Å². The van der Waals surface area contributed by atoms with Gasteiger partial charge in [-0.1, -0.05) is 32.9 Å². The van der Waals surface area contributed by atoms with Crippen molar-refractivity contribution in [2.75, 3.05) is 19.7 Å². The van der Waals surface area contributed by atoms with Crippen LogP contribution in [0.2, 0.25) is 0 Å². The van der Waals surface area contributed by atoms with Crippen molar-refractivity contribution >= 4 is 11.8 Å². The number of rotatable bonds is 7. The zero-order valence-electron chi connectivity index (χ0n) is 16.3. The van der Waals surface area contributed by atoms with Crippen LogP contribution in [0.25, 0.3) is 0 Å². The van der Waals surface area contributed by atoms with Gasteiger partial charge in [0.2, 0.25) is 0 Å². The summed E-state index contributed by atoms with van der Waals surface area (Å²) in [4.78, 5) is 27.8. The molecule has 27 heavy (non-hydrogen) atoms. The Bertz CT molecular complexity index is 763. The molecule has 2 N–H and O–H groups in total. The third kappa shape index (κ3) is 6.73. The van der Waals surface area contributed by atoms with Gasteiger partial charge in [-0.15, -0.1) is 0 Å². The predicted molar refractivity (Wildman–Crippen MR) is 105 cm³/mol. The van der Waals surface area contributed by atoms with Crippen LogP contribution >= 0.6 is 0 Å². The average molecular weight is 369 g/mol. The van der Waals surface area contributed by atoms with Gasteiger partial charge in [0, 0.05) is 25.0 Å². The first kappa shape index (κ1) is 20.4. The van der Waals surface area contributed by atoms with Crippen molar-refractivity contribution < 1.29 is 14.3 Å². The van der Waals surface area contributed by atoms with E-state index in [4.69, 9.17) is 4.74 Å². The number of benzene rings is 1. The number of hydrogen-bond acceptors (Lipinski definition) is 4. The lowest BCUT2D eigenvalue weighted by atomic mass is 9.87. The number of aromatic nitrogens is 1. The molecule has 0 atom stereocenters. The van der Waals surface area contributed by atoms with Crippen molar-refractivity contribution in [3.05, 3.63) is 59.4 Å². The molecule has 1 heterocycles. The number of ether oxygens (including phenoxy) is 1. The van der Waals surface area contributed by atoms with Crippen LogP contribution in [0.5, 0.6) is 5.75 Å². The molecule has 0 fully saturated rings. The quantitative estimate of drug-likeness (QED) is 0.735. The standard InChI is InChI=1S/C21H27N3O3/c1-15-5-6-16(13-24-15)20(26)23-12-11-22-19(25)14-27-18-9-7-17(8-10-18)21(2,3)4/h5-10,13H,11-12,14H2,1-4H3,(H,22,25)(H,23,26). The number of carbonyl (C=O) groups is 2. The molecule has 6 heteroatoms. The minimum Gasteiger partial charge on any atom is -0.484 e. The predicted octanol–water partition coefficient (Wildman–Crippen LogP) is 2.61. The first-order valence-electron chi connectivity index (χ1n) is 8.96. The Kier molecular flexibility index (Phi) is 6.93. The molecule has 2 aromatic rings. The van der Waals surface area contributed by atoms with E-state index in [1.165, 1.54) is 11.8 Å². The molecule has 0 spiro atoms. The second-order valence-corrected chi connectivity index (χ2v) is 7.36. The van der Waals surface area contributed by atoms with Gasteiger partial charge in [-0.25, -0.2) is 0 Å². The molecule has 0 saturated heterocycles. The zero-order valence-corrected chi connectivity index (χ0v) is 16.3. The Morgan fingerprint density at radius 2 is 1.67 bits per heavy atom. The smallest absolute Gasteiger partial charge is 0.258 e. The van der Waals surface area contributed by atoms with E-state index in [0.717, 1.165) is 5.69 Å². The Morgan fingerprint density at radius 1 is 1.00 bits per heavy atom. The van der Waals surface area contributed by atoms with Gasteiger partial charge in [0.25, 0.3) is 11.8 Å². The van der Waals surface area contributed by atoms with Crippen LogP contribution in [0.1, 0.15) is 42.4 Å². The summed E-state index contributed by atoms with van der Waals surface area (Å²) in [6.45, 7) is 8.89. The largest absolute Gasteiger partial charge is 0.484 e. The molecule has 0 aliphatic rings. The summed E-state index contributed by atoms with van der Waals surface area (Å²) in [5.41, 5.74) is 2.63. The van der Waals surface area contributed by atoms with Gasteiger partial charge in [0.05, 0.1) is 5.56 Å². The van der Waals surface area contributed by atoms with Crippen LogP contribution in [-0.2, 0) is 10.2 Å². The summed E-state index contributed by atoms with van der Waals surface area (Å²) < 4.78 is 5.49. The van der Waals surface area contributed by atoms with Gasteiger partial charge < -0.3 is 15.4 Å². The van der Waals surface area contributed by atoms with E-state index in [-0.39, 0.29) is 23.8 Å². The van der Waals surface area contributed by atoms with Crippen molar-refractivity contribution in [3.8, 4) is 5.75 Å². The minimum absolute atomic E-state index is 0.0648. The van der Waals surface area contributed by atoms with Crippen LogP contribution in [-0.4, -0.2) is 36.5 Å². The first-order chi connectivity index (χ1) is 12.8. The lowest BCUT2D eigenvalue weighted by molar-refractivity contribution is -0.123.